The molecule has 4 rings (SSSR count). The third kappa shape index (κ3) is 5.38. The Labute approximate surface area is 193 Å². The van der Waals surface area contributed by atoms with Crippen molar-refractivity contribution in [1.29, 1.82) is 0 Å². The molecule has 3 aromatic heterocycles. The SMILES string of the molecule is C[C@H](Nc1nc(C(=O)CCCc2ccc(C(=O)O)cc2)c2sccc2n1)c1cncc(F)c1. The Morgan fingerprint density at radius 2 is 1.94 bits per heavy atom. The molecule has 1 atom stereocenters. The van der Waals surface area contributed by atoms with Gasteiger partial charge in [-0.2, -0.15) is 0 Å². The topological polar surface area (TPSA) is 105 Å². The zero-order valence-corrected chi connectivity index (χ0v) is 18.6. The van der Waals surface area contributed by atoms with Crippen molar-refractivity contribution < 1.29 is 19.1 Å². The highest BCUT2D eigenvalue weighted by Gasteiger charge is 2.18. The Morgan fingerprint density at radius 1 is 1.15 bits per heavy atom. The van der Waals surface area contributed by atoms with E-state index >= 15 is 0 Å². The number of aromatic carboxylic acids is 1. The lowest BCUT2D eigenvalue weighted by molar-refractivity contribution is 0.0696. The third-order valence-corrected chi connectivity index (χ3v) is 6.12. The van der Waals surface area contributed by atoms with Gasteiger partial charge >= 0.3 is 5.97 Å². The molecule has 2 N–H and O–H groups in total. The van der Waals surface area contributed by atoms with Crippen LogP contribution in [0.15, 0.2) is 54.2 Å². The number of carboxylic acid groups (broad SMARTS) is 1. The van der Waals surface area contributed by atoms with E-state index < -0.39 is 11.8 Å². The molecule has 0 unspecified atom stereocenters. The van der Waals surface area contributed by atoms with Crippen molar-refractivity contribution in [2.45, 2.75) is 32.2 Å². The predicted molar refractivity (Wildman–Crippen MR) is 124 cm³/mol. The standard InChI is InChI=1S/C24H21FN4O3S/c1-14(17-11-18(25)13-26-12-17)27-24-28-19-9-10-33-22(19)21(29-24)20(30)4-2-3-15-5-7-16(8-6-15)23(31)32/h5-14H,2-4H2,1H3,(H,31,32)(H,27,28,29)/t14-/m0/s1. The smallest absolute Gasteiger partial charge is 0.335 e. The number of carbonyl (C=O) groups excluding carboxylic acids is 1. The lowest BCUT2D eigenvalue weighted by Gasteiger charge is -2.14. The molecule has 7 nitrogen and oxygen atoms in total. The highest BCUT2D eigenvalue weighted by Crippen LogP contribution is 2.26. The summed E-state index contributed by atoms with van der Waals surface area (Å²) in [5, 5.41) is 14.0. The molecule has 0 fully saturated rings. The normalized spacial score (nSPS) is 11.9. The van der Waals surface area contributed by atoms with Crippen LogP contribution < -0.4 is 5.32 Å². The largest absolute Gasteiger partial charge is 0.478 e. The number of anilines is 1. The van der Waals surface area contributed by atoms with E-state index in [1.54, 1.807) is 30.5 Å². The van der Waals surface area contributed by atoms with Crippen LogP contribution in [0.3, 0.4) is 0 Å². The maximum absolute atomic E-state index is 13.5. The molecule has 0 radical (unpaired) electrons. The van der Waals surface area contributed by atoms with Crippen molar-refractivity contribution in [3.8, 4) is 0 Å². The lowest BCUT2D eigenvalue weighted by Crippen LogP contribution is -2.13. The van der Waals surface area contributed by atoms with Gasteiger partial charge in [-0.15, -0.1) is 11.3 Å². The molecule has 3 heterocycles. The van der Waals surface area contributed by atoms with Crippen LogP contribution in [-0.4, -0.2) is 31.8 Å². The van der Waals surface area contributed by atoms with E-state index in [0.717, 1.165) is 16.5 Å². The summed E-state index contributed by atoms with van der Waals surface area (Å²) >= 11 is 1.41. The monoisotopic (exact) mass is 464 g/mol. The van der Waals surface area contributed by atoms with Gasteiger partial charge in [0.1, 0.15) is 11.5 Å². The summed E-state index contributed by atoms with van der Waals surface area (Å²) in [6.45, 7) is 1.84. The van der Waals surface area contributed by atoms with Crippen molar-refractivity contribution in [3.05, 3.63) is 82.4 Å². The molecule has 0 bridgehead atoms. The van der Waals surface area contributed by atoms with Crippen LogP contribution in [0.5, 0.6) is 0 Å². The molecule has 0 saturated carbocycles. The Balaban J connectivity index is 1.46. The zero-order valence-electron chi connectivity index (χ0n) is 17.8. The second-order valence-electron chi connectivity index (χ2n) is 7.61. The molecule has 0 spiro atoms. The van der Waals surface area contributed by atoms with Gasteiger partial charge in [-0.1, -0.05) is 12.1 Å². The van der Waals surface area contributed by atoms with E-state index in [4.69, 9.17) is 5.11 Å². The first-order valence-corrected chi connectivity index (χ1v) is 11.3. The van der Waals surface area contributed by atoms with Crippen LogP contribution in [0.4, 0.5) is 10.3 Å². The van der Waals surface area contributed by atoms with Gasteiger partial charge in [-0.05, 0) is 60.5 Å². The number of pyridine rings is 1. The van der Waals surface area contributed by atoms with Crippen molar-refractivity contribution in [2.24, 2.45) is 0 Å². The number of thiophene rings is 1. The molecule has 33 heavy (non-hydrogen) atoms. The summed E-state index contributed by atoms with van der Waals surface area (Å²) in [7, 11) is 0. The van der Waals surface area contributed by atoms with Gasteiger partial charge < -0.3 is 10.4 Å². The van der Waals surface area contributed by atoms with E-state index in [1.165, 1.54) is 17.4 Å². The molecule has 0 saturated heterocycles. The van der Waals surface area contributed by atoms with E-state index in [9.17, 15) is 14.0 Å². The summed E-state index contributed by atoms with van der Waals surface area (Å²) in [5.41, 5.74) is 2.89. The summed E-state index contributed by atoms with van der Waals surface area (Å²) in [4.78, 5) is 36.8. The molecule has 168 valence electrons. The minimum atomic E-state index is -0.965. The summed E-state index contributed by atoms with van der Waals surface area (Å²) in [6.07, 6.45) is 4.27. The summed E-state index contributed by atoms with van der Waals surface area (Å²) < 4.78 is 14.2. The van der Waals surface area contributed by atoms with Gasteiger partial charge in [0.2, 0.25) is 5.95 Å². The van der Waals surface area contributed by atoms with Crippen LogP contribution in [0.25, 0.3) is 10.2 Å². The highest BCUT2D eigenvalue weighted by molar-refractivity contribution is 7.17. The van der Waals surface area contributed by atoms with Gasteiger partial charge in [0.05, 0.1) is 28.0 Å². The fourth-order valence-electron chi connectivity index (χ4n) is 3.44. The van der Waals surface area contributed by atoms with Crippen LogP contribution >= 0.6 is 11.3 Å². The minimum Gasteiger partial charge on any atom is -0.478 e. The number of benzene rings is 1. The number of aryl methyl sites for hydroxylation is 1. The number of halogens is 1. The van der Waals surface area contributed by atoms with Gasteiger partial charge in [-0.3, -0.25) is 9.78 Å². The summed E-state index contributed by atoms with van der Waals surface area (Å²) in [6, 6.07) is 9.58. The van der Waals surface area contributed by atoms with Crippen molar-refractivity contribution >= 4 is 39.3 Å². The Morgan fingerprint density at radius 3 is 2.67 bits per heavy atom. The number of carboxylic acids is 1. The molecule has 0 aliphatic carbocycles. The summed E-state index contributed by atoms with van der Waals surface area (Å²) in [5.74, 6) is -1.18. The van der Waals surface area contributed by atoms with E-state index in [-0.39, 0.29) is 17.4 Å². The fraction of sp³-hybridized carbons (Fsp3) is 0.208. The quantitative estimate of drug-likeness (QED) is 0.324. The molecule has 0 aliphatic heterocycles. The van der Waals surface area contributed by atoms with Crippen molar-refractivity contribution in [1.82, 2.24) is 15.0 Å². The third-order valence-electron chi connectivity index (χ3n) is 5.21. The number of nitrogens with zero attached hydrogens (tertiary/aromatic N) is 3. The molecule has 1 aromatic carbocycles. The Bertz CT molecular complexity index is 1310. The first-order valence-electron chi connectivity index (χ1n) is 10.4. The van der Waals surface area contributed by atoms with Gasteiger partial charge in [-0.25, -0.2) is 19.2 Å². The number of rotatable bonds is 9. The number of aromatic nitrogens is 3. The highest BCUT2D eigenvalue weighted by atomic mass is 32.1. The minimum absolute atomic E-state index is 0.0878. The Kier molecular flexibility index (Phi) is 6.69. The van der Waals surface area contributed by atoms with Gasteiger partial charge in [0, 0.05) is 12.6 Å². The molecule has 0 amide bonds. The Hall–Kier alpha value is -3.72. The average molecular weight is 465 g/mol. The lowest BCUT2D eigenvalue weighted by atomic mass is 10.0. The first-order chi connectivity index (χ1) is 15.9. The maximum atomic E-state index is 13.5. The number of Topliss-reactive ketones (excluding diaryl/α,β-unsaturated/α-hetero) is 1. The van der Waals surface area contributed by atoms with E-state index in [0.29, 0.717) is 42.0 Å². The second-order valence-corrected chi connectivity index (χ2v) is 8.53. The van der Waals surface area contributed by atoms with Crippen LogP contribution in [-0.2, 0) is 6.42 Å². The fourth-order valence-corrected chi connectivity index (χ4v) is 4.28. The van der Waals surface area contributed by atoms with Gasteiger partial charge in [0.25, 0.3) is 0 Å². The first kappa shape index (κ1) is 22.5. The van der Waals surface area contributed by atoms with Crippen LogP contribution in [0, 0.1) is 5.82 Å². The number of ketones is 1. The molecular weight excluding hydrogens is 443 g/mol. The number of hydrogen-bond acceptors (Lipinski definition) is 7. The van der Waals surface area contributed by atoms with E-state index in [1.807, 2.05) is 18.4 Å². The molecular formula is C24H21FN4O3S. The molecule has 0 aliphatic rings. The average Bonchev–Trinajstić information content (AvgIpc) is 3.27. The maximum Gasteiger partial charge on any atom is 0.335 e. The predicted octanol–water partition coefficient (Wildman–Crippen LogP) is 5.30. The van der Waals surface area contributed by atoms with Crippen molar-refractivity contribution in [3.63, 3.8) is 0 Å². The molecule has 4 aromatic rings. The zero-order chi connectivity index (χ0) is 23.4. The second kappa shape index (κ2) is 9.83. The number of hydrogen-bond donors (Lipinski definition) is 2. The van der Waals surface area contributed by atoms with E-state index in [2.05, 4.69) is 20.3 Å². The van der Waals surface area contributed by atoms with Crippen LogP contribution in [0.1, 0.15) is 57.8 Å². The number of carbonyl (C=O) groups is 2. The van der Waals surface area contributed by atoms with Crippen molar-refractivity contribution in [2.75, 3.05) is 5.32 Å². The van der Waals surface area contributed by atoms with Gasteiger partial charge in [0.15, 0.2) is 5.78 Å². The number of fused-ring (bicyclic) bond motifs is 1. The number of nitrogens with one attached hydrogen (secondary N) is 1. The molecule has 9 heteroatoms. The van der Waals surface area contributed by atoms with Crippen LogP contribution in [0.2, 0.25) is 0 Å².